The molecule has 1 aromatic rings. The van der Waals surface area contributed by atoms with E-state index in [4.69, 9.17) is 5.11 Å². The molecule has 4 amide bonds. The van der Waals surface area contributed by atoms with Crippen LogP contribution in [0.2, 0.25) is 0 Å². The van der Waals surface area contributed by atoms with Gasteiger partial charge in [0.05, 0.1) is 11.1 Å². The second-order valence-electron chi connectivity index (χ2n) is 9.77. The van der Waals surface area contributed by atoms with Crippen LogP contribution < -0.4 is 10.2 Å². The van der Waals surface area contributed by atoms with Crippen molar-refractivity contribution in [1.82, 2.24) is 15.1 Å². The van der Waals surface area contributed by atoms with E-state index < -0.39 is 29.7 Å². The predicted molar refractivity (Wildman–Crippen MR) is 132 cm³/mol. The number of carbonyl (C=O) groups is 5. The van der Waals surface area contributed by atoms with Gasteiger partial charge in [-0.2, -0.15) is 0 Å². The van der Waals surface area contributed by atoms with Gasteiger partial charge in [-0.15, -0.1) is 0 Å². The van der Waals surface area contributed by atoms with Gasteiger partial charge in [-0.1, -0.05) is 25.7 Å². The SMILES string of the molecule is O=C(O)CCCCCCCCN1CCN(c2ccc3c(c2)C(=O)N(C2CCC(=O)NC2=O)C3=O)CC1. The van der Waals surface area contributed by atoms with Crippen LogP contribution in [-0.2, 0) is 14.4 Å². The Kier molecular flexibility index (Phi) is 8.35. The van der Waals surface area contributed by atoms with E-state index in [9.17, 15) is 24.0 Å². The lowest BCUT2D eigenvalue weighted by molar-refractivity contribution is -0.138. The van der Waals surface area contributed by atoms with Crippen molar-refractivity contribution in [2.75, 3.05) is 37.6 Å². The Balaban J connectivity index is 1.24. The fourth-order valence-electron chi connectivity index (χ4n) is 5.20. The van der Waals surface area contributed by atoms with E-state index in [0.29, 0.717) is 11.1 Å². The van der Waals surface area contributed by atoms with Crippen LogP contribution in [0, 0.1) is 0 Å². The molecule has 1 aromatic carbocycles. The minimum atomic E-state index is -0.952. The van der Waals surface area contributed by atoms with Crippen LogP contribution >= 0.6 is 0 Å². The van der Waals surface area contributed by atoms with Crippen molar-refractivity contribution in [1.29, 1.82) is 0 Å². The van der Waals surface area contributed by atoms with Crippen molar-refractivity contribution in [2.24, 2.45) is 0 Å². The van der Waals surface area contributed by atoms with Crippen molar-refractivity contribution in [3.63, 3.8) is 0 Å². The number of rotatable bonds is 11. The first-order valence-corrected chi connectivity index (χ1v) is 12.9. The second-order valence-corrected chi connectivity index (χ2v) is 9.77. The number of aliphatic carboxylic acids is 1. The van der Waals surface area contributed by atoms with Gasteiger partial charge in [-0.05, 0) is 44.0 Å². The summed E-state index contributed by atoms with van der Waals surface area (Å²) < 4.78 is 0. The number of nitrogens with zero attached hydrogens (tertiary/aromatic N) is 3. The maximum Gasteiger partial charge on any atom is 0.303 e. The van der Waals surface area contributed by atoms with Gasteiger partial charge >= 0.3 is 5.97 Å². The molecule has 0 bridgehead atoms. The van der Waals surface area contributed by atoms with Gasteiger partial charge in [0.25, 0.3) is 11.8 Å². The number of hydrogen-bond donors (Lipinski definition) is 2. The zero-order valence-electron chi connectivity index (χ0n) is 20.5. The number of carboxylic acid groups (broad SMARTS) is 1. The summed E-state index contributed by atoms with van der Waals surface area (Å²) in [6.45, 7) is 4.54. The van der Waals surface area contributed by atoms with Gasteiger partial charge in [0, 0.05) is 44.7 Å². The van der Waals surface area contributed by atoms with Gasteiger partial charge in [0.15, 0.2) is 0 Å². The molecule has 0 saturated carbocycles. The van der Waals surface area contributed by atoms with Gasteiger partial charge < -0.3 is 10.0 Å². The average molecular weight is 499 g/mol. The van der Waals surface area contributed by atoms with Crippen molar-refractivity contribution < 1.29 is 29.1 Å². The number of carboxylic acids is 1. The van der Waals surface area contributed by atoms with Crippen LogP contribution in [0.5, 0.6) is 0 Å². The molecule has 4 rings (SSSR count). The van der Waals surface area contributed by atoms with E-state index in [2.05, 4.69) is 15.1 Å². The lowest BCUT2D eigenvalue weighted by atomic mass is 10.0. The summed E-state index contributed by atoms with van der Waals surface area (Å²) in [5.74, 6) is -2.67. The summed E-state index contributed by atoms with van der Waals surface area (Å²) in [4.78, 5) is 65.8. The van der Waals surface area contributed by atoms with Crippen molar-refractivity contribution in [3.05, 3.63) is 29.3 Å². The van der Waals surface area contributed by atoms with Gasteiger partial charge in [-0.25, -0.2) is 0 Å². The Hall–Kier alpha value is -3.27. The van der Waals surface area contributed by atoms with E-state index in [1.54, 1.807) is 12.1 Å². The number of hydrogen-bond acceptors (Lipinski definition) is 7. The quantitative estimate of drug-likeness (QED) is 0.350. The van der Waals surface area contributed by atoms with Gasteiger partial charge in [0.2, 0.25) is 11.8 Å². The summed E-state index contributed by atoms with van der Waals surface area (Å²) in [7, 11) is 0. The Bertz CT molecular complexity index is 1030. The van der Waals surface area contributed by atoms with Crippen molar-refractivity contribution in [3.8, 4) is 0 Å². The Morgan fingerprint density at radius 2 is 1.56 bits per heavy atom. The lowest BCUT2D eigenvalue weighted by Crippen LogP contribution is -2.54. The molecule has 1 atom stereocenters. The summed E-state index contributed by atoms with van der Waals surface area (Å²) in [5.41, 5.74) is 1.50. The number of fused-ring (bicyclic) bond motifs is 1. The highest BCUT2D eigenvalue weighted by molar-refractivity contribution is 6.23. The van der Waals surface area contributed by atoms with E-state index in [-0.39, 0.29) is 25.2 Å². The fraction of sp³-hybridized carbons (Fsp3) is 0.577. The molecule has 2 fully saturated rings. The molecule has 0 radical (unpaired) electrons. The highest BCUT2D eigenvalue weighted by atomic mass is 16.4. The lowest BCUT2D eigenvalue weighted by Gasteiger charge is -2.36. The third-order valence-corrected chi connectivity index (χ3v) is 7.28. The third kappa shape index (κ3) is 5.92. The zero-order chi connectivity index (χ0) is 25.7. The van der Waals surface area contributed by atoms with E-state index >= 15 is 0 Å². The van der Waals surface area contributed by atoms with Crippen LogP contribution in [0.3, 0.4) is 0 Å². The van der Waals surface area contributed by atoms with Crippen LogP contribution in [-0.4, -0.2) is 83.3 Å². The number of imide groups is 2. The molecule has 2 N–H and O–H groups in total. The molecule has 0 aromatic heterocycles. The van der Waals surface area contributed by atoms with Gasteiger partial charge in [-0.3, -0.25) is 39.1 Å². The molecule has 194 valence electrons. The number of piperazine rings is 1. The molecular formula is C26H34N4O6. The first-order valence-electron chi connectivity index (χ1n) is 12.9. The first kappa shape index (κ1) is 25.8. The van der Waals surface area contributed by atoms with Crippen LogP contribution in [0.1, 0.15) is 78.5 Å². The number of unbranched alkanes of at least 4 members (excludes halogenated alkanes) is 5. The molecule has 10 nitrogen and oxygen atoms in total. The summed E-state index contributed by atoms with van der Waals surface area (Å²) in [6.07, 6.45) is 6.75. The topological polar surface area (TPSA) is 127 Å². The molecule has 3 heterocycles. The molecule has 3 aliphatic heterocycles. The molecule has 2 saturated heterocycles. The summed E-state index contributed by atoms with van der Waals surface area (Å²) in [6, 6.07) is 4.32. The van der Waals surface area contributed by atoms with Crippen LogP contribution in [0.25, 0.3) is 0 Å². The van der Waals surface area contributed by atoms with Crippen molar-refractivity contribution in [2.45, 2.75) is 63.8 Å². The third-order valence-electron chi connectivity index (χ3n) is 7.28. The maximum atomic E-state index is 13.1. The number of carbonyl (C=O) groups excluding carboxylic acids is 4. The predicted octanol–water partition coefficient (Wildman–Crippen LogP) is 2.03. The Labute approximate surface area is 210 Å². The average Bonchev–Trinajstić information content (AvgIpc) is 3.10. The van der Waals surface area contributed by atoms with Gasteiger partial charge in [0.1, 0.15) is 6.04 Å². The molecular weight excluding hydrogens is 464 g/mol. The van der Waals surface area contributed by atoms with Crippen molar-refractivity contribution >= 4 is 35.3 Å². The second kappa shape index (κ2) is 11.6. The first-order chi connectivity index (χ1) is 17.3. The standard InChI is InChI=1S/C26H34N4O6/c31-22-11-10-21(24(34)27-22)30-25(35)19-9-8-18(17-20(19)26(30)36)29-15-13-28(14-16-29)12-6-4-2-1-3-5-7-23(32)33/h8-9,17,21H,1-7,10-16H2,(H,32,33)(H,27,31,34). The van der Waals surface area contributed by atoms with E-state index in [0.717, 1.165) is 81.8 Å². The summed E-state index contributed by atoms with van der Waals surface area (Å²) >= 11 is 0. The molecule has 1 unspecified atom stereocenters. The number of anilines is 1. The summed E-state index contributed by atoms with van der Waals surface area (Å²) in [5, 5.41) is 10.9. The van der Waals surface area contributed by atoms with E-state index in [1.165, 1.54) is 0 Å². The highest BCUT2D eigenvalue weighted by Gasteiger charge is 2.44. The molecule has 0 spiro atoms. The largest absolute Gasteiger partial charge is 0.481 e. The smallest absolute Gasteiger partial charge is 0.303 e. The number of piperidine rings is 1. The fourth-order valence-corrected chi connectivity index (χ4v) is 5.20. The normalized spacial score (nSPS) is 20.6. The molecule has 10 heteroatoms. The molecule has 3 aliphatic rings. The minimum Gasteiger partial charge on any atom is -0.481 e. The zero-order valence-corrected chi connectivity index (χ0v) is 20.5. The Morgan fingerprint density at radius 3 is 2.25 bits per heavy atom. The number of benzene rings is 1. The number of amides is 4. The maximum absolute atomic E-state index is 13.1. The Morgan fingerprint density at radius 1 is 0.889 bits per heavy atom. The van der Waals surface area contributed by atoms with E-state index in [1.807, 2.05) is 6.07 Å². The number of nitrogens with one attached hydrogen (secondary N) is 1. The van der Waals surface area contributed by atoms with Crippen LogP contribution in [0.4, 0.5) is 5.69 Å². The molecule has 0 aliphatic carbocycles. The van der Waals surface area contributed by atoms with Crippen LogP contribution in [0.15, 0.2) is 18.2 Å². The molecule has 36 heavy (non-hydrogen) atoms. The highest BCUT2D eigenvalue weighted by Crippen LogP contribution is 2.31. The monoisotopic (exact) mass is 498 g/mol. The minimum absolute atomic E-state index is 0.103.